The number of hydrogen-bond acceptors (Lipinski definition) is 3. The van der Waals surface area contributed by atoms with Crippen LogP contribution in [-0.4, -0.2) is 24.1 Å². The Balaban J connectivity index is 2.27. The van der Waals surface area contributed by atoms with Crippen LogP contribution in [0.4, 0.5) is 0 Å². The summed E-state index contributed by atoms with van der Waals surface area (Å²) < 4.78 is 5.33. The van der Waals surface area contributed by atoms with E-state index in [-0.39, 0.29) is 5.91 Å². The van der Waals surface area contributed by atoms with Gasteiger partial charge < -0.3 is 15.2 Å². The Labute approximate surface area is 147 Å². The second-order valence-electron chi connectivity index (χ2n) is 6.05. The maximum Gasteiger partial charge on any atom is 0.308 e. The fraction of sp³-hybridized carbons (Fsp3) is 0.300. The molecule has 0 radical (unpaired) electrons. The minimum absolute atomic E-state index is 0.368. The Morgan fingerprint density at radius 2 is 1.60 bits per heavy atom. The number of amides is 1. The summed E-state index contributed by atoms with van der Waals surface area (Å²) in [6.07, 6.45) is -0.796. The minimum atomic E-state index is -0.973. The molecule has 2 aromatic carbocycles. The molecule has 3 atom stereocenters. The number of aliphatic carboxylic acids is 1. The van der Waals surface area contributed by atoms with Crippen molar-refractivity contribution < 1.29 is 19.4 Å². The molecule has 0 aliphatic carbocycles. The molecule has 0 aliphatic rings. The van der Waals surface area contributed by atoms with Crippen LogP contribution in [0.2, 0.25) is 0 Å². The average Bonchev–Trinajstić information content (AvgIpc) is 2.61. The van der Waals surface area contributed by atoms with E-state index in [9.17, 15) is 14.7 Å². The van der Waals surface area contributed by atoms with E-state index in [1.54, 1.807) is 19.1 Å². The first-order chi connectivity index (χ1) is 11.9. The van der Waals surface area contributed by atoms with Gasteiger partial charge in [0, 0.05) is 7.11 Å². The summed E-state index contributed by atoms with van der Waals surface area (Å²) in [7, 11) is 1.46. The van der Waals surface area contributed by atoms with Crippen LogP contribution in [0.3, 0.4) is 0 Å². The molecule has 0 fully saturated rings. The molecule has 2 N–H and O–H groups in total. The SMILES string of the molecule is CO[C@H](C(=O)N[C@H](c1ccc(C)cc1)[C@@H](C)C(=O)O)c1ccccc1. The Bertz CT molecular complexity index is 712. The maximum atomic E-state index is 12.7. The van der Waals surface area contributed by atoms with E-state index >= 15 is 0 Å². The molecule has 2 rings (SSSR count). The maximum absolute atomic E-state index is 12.7. The Morgan fingerprint density at radius 1 is 1.00 bits per heavy atom. The van der Waals surface area contributed by atoms with Crippen molar-refractivity contribution in [1.82, 2.24) is 5.32 Å². The van der Waals surface area contributed by atoms with Gasteiger partial charge in [-0.1, -0.05) is 60.2 Å². The van der Waals surface area contributed by atoms with Crippen LogP contribution in [0.15, 0.2) is 54.6 Å². The van der Waals surface area contributed by atoms with Crippen LogP contribution in [0.25, 0.3) is 0 Å². The monoisotopic (exact) mass is 341 g/mol. The van der Waals surface area contributed by atoms with E-state index in [4.69, 9.17) is 4.74 Å². The number of nitrogens with one attached hydrogen (secondary N) is 1. The van der Waals surface area contributed by atoms with E-state index in [1.165, 1.54) is 7.11 Å². The van der Waals surface area contributed by atoms with E-state index in [0.717, 1.165) is 11.1 Å². The summed E-state index contributed by atoms with van der Waals surface area (Å²) in [5, 5.41) is 12.3. The van der Waals surface area contributed by atoms with Gasteiger partial charge >= 0.3 is 5.97 Å². The molecular weight excluding hydrogens is 318 g/mol. The molecule has 5 nitrogen and oxygen atoms in total. The molecule has 0 saturated heterocycles. The van der Waals surface area contributed by atoms with Crippen molar-refractivity contribution in [1.29, 1.82) is 0 Å². The van der Waals surface area contributed by atoms with Gasteiger partial charge in [0.2, 0.25) is 0 Å². The first-order valence-electron chi connectivity index (χ1n) is 8.11. The number of ether oxygens (including phenoxy) is 1. The predicted molar refractivity (Wildman–Crippen MR) is 95.1 cm³/mol. The molecule has 132 valence electrons. The standard InChI is InChI=1S/C20H23NO4/c1-13-9-11-15(12-10-13)17(14(2)20(23)24)21-19(22)18(25-3)16-7-5-4-6-8-16/h4-12,14,17-18H,1-3H3,(H,21,22)(H,23,24)/t14-,17+,18+/m1/s1. The van der Waals surface area contributed by atoms with Crippen LogP contribution in [0, 0.1) is 12.8 Å². The van der Waals surface area contributed by atoms with Gasteiger partial charge in [-0.15, -0.1) is 0 Å². The van der Waals surface area contributed by atoms with Crippen molar-refractivity contribution in [2.24, 2.45) is 5.92 Å². The zero-order valence-electron chi connectivity index (χ0n) is 14.6. The molecule has 25 heavy (non-hydrogen) atoms. The van der Waals surface area contributed by atoms with Crippen LogP contribution in [0.5, 0.6) is 0 Å². The van der Waals surface area contributed by atoms with Gasteiger partial charge in [0.25, 0.3) is 5.91 Å². The number of carboxylic acids is 1. The molecular formula is C20H23NO4. The van der Waals surface area contributed by atoms with Gasteiger partial charge in [0.15, 0.2) is 6.10 Å². The number of methoxy groups -OCH3 is 1. The lowest BCUT2D eigenvalue weighted by Gasteiger charge is -2.25. The van der Waals surface area contributed by atoms with Crippen LogP contribution in [0.1, 0.15) is 35.8 Å². The first-order valence-corrected chi connectivity index (χ1v) is 8.11. The third kappa shape index (κ3) is 4.67. The number of aryl methyl sites for hydroxylation is 1. The Kier molecular flexibility index (Phi) is 6.31. The highest BCUT2D eigenvalue weighted by atomic mass is 16.5. The summed E-state index contributed by atoms with van der Waals surface area (Å²) in [6.45, 7) is 3.53. The number of hydrogen-bond donors (Lipinski definition) is 2. The van der Waals surface area contributed by atoms with Crippen molar-refractivity contribution >= 4 is 11.9 Å². The zero-order valence-corrected chi connectivity index (χ0v) is 14.6. The first kappa shape index (κ1) is 18.7. The summed E-state index contributed by atoms with van der Waals surface area (Å²) in [4.78, 5) is 24.2. The van der Waals surface area contributed by atoms with Gasteiger partial charge in [-0.2, -0.15) is 0 Å². The molecule has 0 aliphatic heterocycles. The van der Waals surface area contributed by atoms with E-state index in [0.29, 0.717) is 5.56 Å². The average molecular weight is 341 g/mol. The molecule has 0 bridgehead atoms. The van der Waals surface area contributed by atoms with Gasteiger partial charge in [0.05, 0.1) is 12.0 Å². The van der Waals surface area contributed by atoms with Crippen molar-refractivity contribution in [3.63, 3.8) is 0 Å². The van der Waals surface area contributed by atoms with Gasteiger partial charge in [-0.3, -0.25) is 9.59 Å². The largest absolute Gasteiger partial charge is 0.481 e. The number of benzene rings is 2. The normalized spacial score (nSPS) is 14.4. The molecule has 0 spiro atoms. The number of rotatable bonds is 7. The smallest absolute Gasteiger partial charge is 0.308 e. The minimum Gasteiger partial charge on any atom is -0.481 e. The third-order valence-electron chi connectivity index (χ3n) is 4.20. The van der Waals surface area contributed by atoms with E-state index in [2.05, 4.69) is 5.32 Å². The summed E-state index contributed by atoms with van der Waals surface area (Å²) in [5.41, 5.74) is 2.53. The lowest BCUT2D eigenvalue weighted by molar-refractivity contribution is -0.143. The Hall–Kier alpha value is -2.66. The van der Waals surface area contributed by atoms with Crippen molar-refractivity contribution in [3.05, 3.63) is 71.3 Å². The van der Waals surface area contributed by atoms with Gasteiger partial charge in [-0.25, -0.2) is 0 Å². The number of carbonyl (C=O) groups excluding carboxylic acids is 1. The summed E-state index contributed by atoms with van der Waals surface area (Å²) in [5.74, 6) is -2.12. The molecule has 0 unspecified atom stereocenters. The van der Waals surface area contributed by atoms with Crippen LogP contribution < -0.4 is 5.32 Å². The predicted octanol–water partition coefficient (Wildman–Crippen LogP) is 3.26. The lowest BCUT2D eigenvalue weighted by atomic mass is 9.93. The van der Waals surface area contributed by atoms with E-state index in [1.807, 2.05) is 49.4 Å². The quantitative estimate of drug-likeness (QED) is 0.810. The highest BCUT2D eigenvalue weighted by molar-refractivity contribution is 5.83. The third-order valence-corrected chi connectivity index (χ3v) is 4.20. The molecule has 1 amide bonds. The highest BCUT2D eigenvalue weighted by Gasteiger charge is 2.30. The molecule has 0 saturated carbocycles. The fourth-order valence-electron chi connectivity index (χ4n) is 2.66. The highest BCUT2D eigenvalue weighted by Crippen LogP contribution is 2.25. The van der Waals surface area contributed by atoms with Crippen molar-refractivity contribution in [2.45, 2.75) is 26.0 Å². The Morgan fingerprint density at radius 3 is 2.12 bits per heavy atom. The lowest BCUT2D eigenvalue weighted by Crippen LogP contribution is -2.38. The van der Waals surface area contributed by atoms with Crippen LogP contribution in [-0.2, 0) is 14.3 Å². The molecule has 0 aromatic heterocycles. The van der Waals surface area contributed by atoms with Crippen molar-refractivity contribution in [3.8, 4) is 0 Å². The molecule has 0 heterocycles. The number of carboxylic acid groups (broad SMARTS) is 1. The van der Waals surface area contributed by atoms with Gasteiger partial charge in [-0.05, 0) is 25.0 Å². The number of carbonyl (C=O) groups is 2. The summed E-state index contributed by atoms with van der Waals surface area (Å²) >= 11 is 0. The molecule has 5 heteroatoms. The fourth-order valence-corrected chi connectivity index (χ4v) is 2.66. The molecule has 2 aromatic rings. The zero-order chi connectivity index (χ0) is 18.4. The van der Waals surface area contributed by atoms with E-state index < -0.39 is 24.0 Å². The topological polar surface area (TPSA) is 75.6 Å². The van der Waals surface area contributed by atoms with Crippen molar-refractivity contribution in [2.75, 3.05) is 7.11 Å². The summed E-state index contributed by atoms with van der Waals surface area (Å²) in [6, 6.07) is 15.9. The van der Waals surface area contributed by atoms with Crippen LogP contribution >= 0.6 is 0 Å². The van der Waals surface area contributed by atoms with Gasteiger partial charge in [0.1, 0.15) is 0 Å². The second-order valence-corrected chi connectivity index (χ2v) is 6.05. The second kappa shape index (κ2) is 8.44.